The summed E-state index contributed by atoms with van der Waals surface area (Å²) >= 11 is 1.86. The van der Waals surface area contributed by atoms with Gasteiger partial charge in [0, 0.05) is 22.7 Å². The molecule has 0 unspecified atom stereocenters. The summed E-state index contributed by atoms with van der Waals surface area (Å²) in [7, 11) is 0. The molecule has 3 N–H and O–H groups in total. The van der Waals surface area contributed by atoms with E-state index in [1.807, 2.05) is 30.8 Å². The van der Waals surface area contributed by atoms with Crippen LogP contribution >= 0.6 is 11.8 Å². The van der Waals surface area contributed by atoms with Gasteiger partial charge in [0.15, 0.2) is 0 Å². The molecule has 0 aliphatic heterocycles. The third kappa shape index (κ3) is 3.67. The molecule has 0 heterocycles. The number of aryl methyl sites for hydroxylation is 1. The molecule has 15 heavy (non-hydrogen) atoms. The maximum absolute atomic E-state index is 5.85. The van der Waals surface area contributed by atoms with Crippen LogP contribution in [0.15, 0.2) is 18.2 Å². The van der Waals surface area contributed by atoms with E-state index < -0.39 is 0 Å². The largest absolute Gasteiger partial charge is 0.398 e. The van der Waals surface area contributed by atoms with Crippen LogP contribution in [0, 0.1) is 6.92 Å². The van der Waals surface area contributed by atoms with Crippen LogP contribution in [0.1, 0.15) is 19.4 Å². The number of rotatable bonds is 4. The van der Waals surface area contributed by atoms with Gasteiger partial charge in [-0.3, -0.25) is 0 Å². The van der Waals surface area contributed by atoms with Crippen LogP contribution in [0.4, 0.5) is 11.4 Å². The molecule has 0 aliphatic carbocycles. The Labute approximate surface area is 96.6 Å². The van der Waals surface area contributed by atoms with Crippen molar-refractivity contribution in [3.63, 3.8) is 0 Å². The van der Waals surface area contributed by atoms with Crippen LogP contribution < -0.4 is 11.1 Å². The second kappa shape index (κ2) is 4.79. The fourth-order valence-electron chi connectivity index (χ4n) is 1.14. The number of hydrogen-bond donors (Lipinski definition) is 2. The summed E-state index contributed by atoms with van der Waals surface area (Å²) in [5.74, 6) is 0. The van der Waals surface area contributed by atoms with Crippen LogP contribution in [-0.4, -0.2) is 17.5 Å². The van der Waals surface area contributed by atoms with E-state index in [2.05, 4.69) is 31.5 Å². The van der Waals surface area contributed by atoms with Gasteiger partial charge in [-0.25, -0.2) is 0 Å². The van der Waals surface area contributed by atoms with Crippen molar-refractivity contribution in [1.82, 2.24) is 0 Å². The maximum Gasteiger partial charge on any atom is 0.0364 e. The molecule has 0 aliphatic rings. The molecule has 0 fully saturated rings. The quantitative estimate of drug-likeness (QED) is 0.772. The van der Waals surface area contributed by atoms with Crippen LogP contribution in [0.25, 0.3) is 0 Å². The fourth-order valence-corrected chi connectivity index (χ4v) is 1.35. The number of anilines is 2. The highest BCUT2D eigenvalue weighted by Gasteiger charge is 2.15. The van der Waals surface area contributed by atoms with E-state index in [9.17, 15) is 0 Å². The summed E-state index contributed by atoms with van der Waals surface area (Å²) in [4.78, 5) is 0. The Hall–Kier alpha value is -0.830. The smallest absolute Gasteiger partial charge is 0.0364 e. The predicted octanol–water partition coefficient (Wildman–Crippen LogP) is 3.13. The normalized spacial score (nSPS) is 11.5. The summed E-state index contributed by atoms with van der Waals surface area (Å²) in [6.45, 7) is 7.41. The first-order chi connectivity index (χ1) is 6.94. The molecule has 0 aromatic heterocycles. The molecule has 0 bridgehead atoms. The Morgan fingerprint density at radius 1 is 1.40 bits per heavy atom. The summed E-state index contributed by atoms with van der Waals surface area (Å²) < 4.78 is 0.250. The van der Waals surface area contributed by atoms with E-state index >= 15 is 0 Å². The molecule has 2 nitrogen and oxygen atoms in total. The lowest BCUT2D eigenvalue weighted by Crippen LogP contribution is -2.25. The average Bonchev–Trinajstić information content (AvgIpc) is 2.20. The molecule has 0 amide bonds. The minimum absolute atomic E-state index is 0.250. The standard InChI is InChI=1S/C12H20N2S/c1-9-5-6-10(7-11(9)13)14-8-12(2,3)15-4/h5-7,14H,8,13H2,1-4H3. The zero-order valence-electron chi connectivity index (χ0n) is 9.92. The third-order valence-electron chi connectivity index (χ3n) is 2.55. The van der Waals surface area contributed by atoms with E-state index in [-0.39, 0.29) is 4.75 Å². The van der Waals surface area contributed by atoms with Crippen molar-refractivity contribution in [2.45, 2.75) is 25.5 Å². The molecular formula is C12H20N2S. The van der Waals surface area contributed by atoms with Crippen LogP contribution in [0.3, 0.4) is 0 Å². The maximum atomic E-state index is 5.85. The molecule has 0 saturated heterocycles. The summed E-state index contributed by atoms with van der Waals surface area (Å²) in [6, 6.07) is 6.11. The molecule has 3 heteroatoms. The second-order valence-electron chi connectivity index (χ2n) is 4.39. The zero-order valence-corrected chi connectivity index (χ0v) is 10.7. The third-order valence-corrected chi connectivity index (χ3v) is 3.80. The lowest BCUT2D eigenvalue weighted by Gasteiger charge is -2.23. The molecule has 1 rings (SSSR count). The topological polar surface area (TPSA) is 38.0 Å². The first-order valence-electron chi connectivity index (χ1n) is 5.10. The van der Waals surface area contributed by atoms with Gasteiger partial charge in [-0.1, -0.05) is 6.07 Å². The van der Waals surface area contributed by atoms with E-state index in [0.29, 0.717) is 0 Å². The van der Waals surface area contributed by atoms with Crippen LogP contribution in [0.5, 0.6) is 0 Å². The molecule has 0 spiro atoms. The molecule has 1 aromatic carbocycles. The van der Waals surface area contributed by atoms with Gasteiger partial charge in [0.1, 0.15) is 0 Å². The molecule has 0 atom stereocenters. The Morgan fingerprint density at radius 2 is 2.07 bits per heavy atom. The van der Waals surface area contributed by atoms with Gasteiger partial charge < -0.3 is 11.1 Å². The van der Waals surface area contributed by atoms with Gasteiger partial charge in [-0.15, -0.1) is 0 Å². The van der Waals surface area contributed by atoms with E-state index in [1.54, 1.807) is 0 Å². The van der Waals surface area contributed by atoms with Gasteiger partial charge in [-0.2, -0.15) is 11.8 Å². The summed E-state index contributed by atoms with van der Waals surface area (Å²) in [6.07, 6.45) is 2.13. The van der Waals surface area contributed by atoms with Crippen molar-refractivity contribution in [3.8, 4) is 0 Å². The average molecular weight is 224 g/mol. The number of nitrogens with two attached hydrogens (primary N) is 1. The molecule has 0 radical (unpaired) electrons. The predicted molar refractivity (Wildman–Crippen MR) is 71.7 cm³/mol. The monoisotopic (exact) mass is 224 g/mol. The van der Waals surface area contributed by atoms with Crippen molar-refractivity contribution in [2.75, 3.05) is 23.9 Å². The minimum atomic E-state index is 0.250. The Kier molecular flexibility index (Phi) is 3.91. The minimum Gasteiger partial charge on any atom is -0.398 e. The lowest BCUT2D eigenvalue weighted by molar-refractivity contribution is 0.753. The van der Waals surface area contributed by atoms with Gasteiger partial charge >= 0.3 is 0 Å². The first kappa shape index (κ1) is 12.2. The zero-order chi connectivity index (χ0) is 11.5. The fraction of sp³-hybridized carbons (Fsp3) is 0.500. The van der Waals surface area contributed by atoms with Crippen molar-refractivity contribution in [1.29, 1.82) is 0 Å². The number of thioether (sulfide) groups is 1. The first-order valence-corrected chi connectivity index (χ1v) is 6.32. The molecule has 1 aromatic rings. The highest BCUT2D eigenvalue weighted by molar-refractivity contribution is 7.99. The van der Waals surface area contributed by atoms with Gasteiger partial charge in [0.05, 0.1) is 0 Å². The van der Waals surface area contributed by atoms with Crippen molar-refractivity contribution < 1.29 is 0 Å². The Morgan fingerprint density at radius 3 is 2.60 bits per heavy atom. The molecule has 84 valence electrons. The van der Waals surface area contributed by atoms with Crippen LogP contribution in [-0.2, 0) is 0 Å². The van der Waals surface area contributed by atoms with Gasteiger partial charge in [-0.05, 0) is 44.7 Å². The number of benzene rings is 1. The molecule has 0 saturated carbocycles. The van der Waals surface area contributed by atoms with Crippen molar-refractivity contribution >= 4 is 23.1 Å². The molecular weight excluding hydrogens is 204 g/mol. The van der Waals surface area contributed by atoms with E-state index in [1.165, 1.54) is 0 Å². The highest BCUT2D eigenvalue weighted by atomic mass is 32.2. The summed E-state index contributed by atoms with van der Waals surface area (Å²) in [5, 5.41) is 3.40. The van der Waals surface area contributed by atoms with Gasteiger partial charge in [0.2, 0.25) is 0 Å². The van der Waals surface area contributed by atoms with Crippen molar-refractivity contribution in [3.05, 3.63) is 23.8 Å². The lowest BCUT2D eigenvalue weighted by atomic mass is 10.1. The number of nitrogens with one attached hydrogen (secondary N) is 1. The second-order valence-corrected chi connectivity index (χ2v) is 5.90. The van der Waals surface area contributed by atoms with Crippen LogP contribution in [0.2, 0.25) is 0 Å². The Balaban J connectivity index is 2.62. The number of hydrogen-bond acceptors (Lipinski definition) is 3. The van der Waals surface area contributed by atoms with Crippen molar-refractivity contribution in [2.24, 2.45) is 0 Å². The van der Waals surface area contributed by atoms with E-state index in [0.717, 1.165) is 23.5 Å². The van der Waals surface area contributed by atoms with Gasteiger partial charge in [0.25, 0.3) is 0 Å². The van der Waals surface area contributed by atoms with E-state index in [4.69, 9.17) is 5.73 Å². The Bertz CT molecular complexity index is 334. The highest BCUT2D eigenvalue weighted by Crippen LogP contribution is 2.23. The summed E-state index contributed by atoms with van der Waals surface area (Å²) in [5.41, 5.74) is 8.92. The SMILES string of the molecule is CSC(C)(C)CNc1ccc(C)c(N)c1. The number of nitrogen functional groups attached to an aromatic ring is 1.